The third-order valence-electron chi connectivity index (χ3n) is 3.83. The summed E-state index contributed by atoms with van der Waals surface area (Å²) in [5, 5.41) is 3.45. The lowest BCUT2D eigenvalue weighted by molar-refractivity contribution is -0.122. The molecule has 2 aromatic carbocycles. The van der Waals surface area contributed by atoms with Crippen LogP contribution in [0.25, 0.3) is 10.9 Å². The zero-order chi connectivity index (χ0) is 17.6. The van der Waals surface area contributed by atoms with E-state index in [1.807, 2.05) is 54.4 Å². The van der Waals surface area contributed by atoms with E-state index in [0.717, 1.165) is 5.56 Å². The van der Waals surface area contributed by atoms with Crippen molar-refractivity contribution < 1.29 is 4.79 Å². The number of fused-ring (bicyclic) bond motifs is 1. The number of H-pyrrole nitrogens is 1. The highest BCUT2D eigenvalue weighted by Gasteiger charge is 2.10. The van der Waals surface area contributed by atoms with E-state index < -0.39 is 0 Å². The number of amides is 1. The van der Waals surface area contributed by atoms with Gasteiger partial charge in [-0.1, -0.05) is 42.5 Å². The second-order valence-electron chi connectivity index (χ2n) is 5.96. The fourth-order valence-corrected chi connectivity index (χ4v) is 2.62. The van der Waals surface area contributed by atoms with Crippen molar-refractivity contribution in [1.29, 1.82) is 0 Å². The van der Waals surface area contributed by atoms with E-state index in [1.54, 1.807) is 12.1 Å². The number of nitrogens with zero attached hydrogens (tertiary/aromatic N) is 2. The number of para-hydroxylation sites is 1. The van der Waals surface area contributed by atoms with E-state index in [-0.39, 0.29) is 18.0 Å². The van der Waals surface area contributed by atoms with Crippen LogP contribution >= 0.6 is 0 Å². The molecule has 25 heavy (non-hydrogen) atoms. The molecule has 1 amide bonds. The highest BCUT2D eigenvalue weighted by atomic mass is 16.2. The molecule has 6 nitrogen and oxygen atoms in total. The molecule has 6 heteroatoms. The first kappa shape index (κ1) is 16.9. The predicted molar refractivity (Wildman–Crippen MR) is 97.0 cm³/mol. The highest BCUT2D eigenvalue weighted by Crippen LogP contribution is 2.06. The van der Waals surface area contributed by atoms with Gasteiger partial charge in [0.1, 0.15) is 5.82 Å². The fraction of sp³-hybridized carbons (Fsp3) is 0.211. The molecule has 0 aliphatic rings. The lowest BCUT2D eigenvalue weighted by atomic mass is 10.2. The summed E-state index contributed by atoms with van der Waals surface area (Å²) in [4.78, 5) is 33.2. The molecule has 0 fully saturated rings. The van der Waals surface area contributed by atoms with Crippen molar-refractivity contribution in [3.63, 3.8) is 0 Å². The molecular formula is C19H20N4O2. The first-order valence-electron chi connectivity index (χ1n) is 8.09. The van der Waals surface area contributed by atoms with Gasteiger partial charge in [-0.05, 0) is 24.7 Å². The second kappa shape index (κ2) is 7.72. The first-order valence-corrected chi connectivity index (χ1v) is 8.09. The van der Waals surface area contributed by atoms with Gasteiger partial charge >= 0.3 is 0 Å². The minimum Gasteiger partial charge on any atom is -0.351 e. The molecule has 3 rings (SSSR count). The Morgan fingerprint density at radius 3 is 2.64 bits per heavy atom. The Labute approximate surface area is 145 Å². The van der Waals surface area contributed by atoms with Crippen molar-refractivity contribution in [2.75, 3.05) is 13.6 Å². The minimum absolute atomic E-state index is 0.0745. The summed E-state index contributed by atoms with van der Waals surface area (Å²) in [6, 6.07) is 17.0. The maximum absolute atomic E-state index is 12.1. The lowest BCUT2D eigenvalue weighted by Gasteiger charge is -2.16. The summed E-state index contributed by atoms with van der Waals surface area (Å²) >= 11 is 0. The fourth-order valence-electron chi connectivity index (χ4n) is 2.62. The molecule has 0 aliphatic carbocycles. The predicted octanol–water partition coefficient (Wildman–Crippen LogP) is 1.67. The van der Waals surface area contributed by atoms with Crippen molar-refractivity contribution in [1.82, 2.24) is 20.2 Å². The van der Waals surface area contributed by atoms with Gasteiger partial charge in [0.2, 0.25) is 5.91 Å². The average Bonchev–Trinajstić information content (AvgIpc) is 2.61. The lowest BCUT2D eigenvalue weighted by Crippen LogP contribution is -2.35. The van der Waals surface area contributed by atoms with Gasteiger partial charge in [-0.15, -0.1) is 0 Å². The van der Waals surface area contributed by atoms with E-state index in [1.165, 1.54) is 0 Å². The quantitative estimate of drug-likeness (QED) is 0.718. The molecule has 0 aliphatic heterocycles. The molecule has 0 bridgehead atoms. The summed E-state index contributed by atoms with van der Waals surface area (Å²) in [7, 11) is 1.82. The number of likely N-dealkylation sites (N-methyl/N-ethyl adjacent to an activating group) is 1. The van der Waals surface area contributed by atoms with Crippen molar-refractivity contribution in [2.45, 2.75) is 13.1 Å². The molecule has 128 valence electrons. The second-order valence-corrected chi connectivity index (χ2v) is 5.96. The van der Waals surface area contributed by atoms with Crippen molar-refractivity contribution in [2.24, 2.45) is 0 Å². The summed E-state index contributed by atoms with van der Waals surface area (Å²) < 4.78 is 0. The minimum atomic E-state index is -0.164. The molecule has 1 heterocycles. The zero-order valence-electron chi connectivity index (χ0n) is 14.0. The summed E-state index contributed by atoms with van der Waals surface area (Å²) in [5.41, 5.74) is 1.55. The van der Waals surface area contributed by atoms with Crippen LogP contribution in [-0.4, -0.2) is 34.4 Å². The molecule has 1 aromatic heterocycles. The highest BCUT2D eigenvalue weighted by molar-refractivity contribution is 5.78. The van der Waals surface area contributed by atoms with E-state index in [4.69, 9.17) is 0 Å². The molecule has 0 radical (unpaired) electrons. The number of hydrogen-bond donors (Lipinski definition) is 2. The molecular weight excluding hydrogens is 316 g/mol. The number of carbonyl (C=O) groups excluding carboxylic acids is 1. The summed E-state index contributed by atoms with van der Waals surface area (Å²) in [6.45, 7) is 1.11. The zero-order valence-corrected chi connectivity index (χ0v) is 14.0. The third-order valence-corrected chi connectivity index (χ3v) is 3.83. The number of benzene rings is 2. The Bertz CT molecular complexity index is 921. The van der Waals surface area contributed by atoms with Crippen molar-refractivity contribution in [3.05, 3.63) is 76.3 Å². The standard InChI is InChI=1S/C19H20N4O2/c1-23(13-18(24)20-11-14-7-3-2-4-8-14)12-17-21-16-10-6-5-9-15(16)19(25)22-17/h2-10H,11-13H2,1H3,(H,20,24)(H,21,22,25). The topological polar surface area (TPSA) is 78.1 Å². The average molecular weight is 336 g/mol. The molecule has 0 unspecified atom stereocenters. The van der Waals surface area contributed by atoms with Gasteiger partial charge in [-0.25, -0.2) is 4.98 Å². The monoisotopic (exact) mass is 336 g/mol. The number of hydrogen-bond acceptors (Lipinski definition) is 4. The van der Waals surface area contributed by atoms with Crippen LogP contribution in [0, 0.1) is 0 Å². The largest absolute Gasteiger partial charge is 0.351 e. The molecule has 0 spiro atoms. The Hall–Kier alpha value is -2.99. The number of aromatic nitrogens is 2. The van der Waals surface area contributed by atoms with Gasteiger partial charge in [0.15, 0.2) is 0 Å². The molecule has 0 saturated carbocycles. The molecule has 2 N–H and O–H groups in total. The number of carbonyl (C=O) groups is 1. The van der Waals surface area contributed by atoms with Crippen LogP contribution < -0.4 is 10.9 Å². The van der Waals surface area contributed by atoms with Crippen molar-refractivity contribution in [3.8, 4) is 0 Å². The van der Waals surface area contributed by atoms with E-state index in [9.17, 15) is 9.59 Å². The van der Waals surface area contributed by atoms with Crippen LogP contribution in [-0.2, 0) is 17.9 Å². The number of nitrogens with one attached hydrogen (secondary N) is 2. The van der Waals surface area contributed by atoms with E-state index >= 15 is 0 Å². The van der Waals surface area contributed by atoms with Crippen LogP contribution in [0.3, 0.4) is 0 Å². The van der Waals surface area contributed by atoms with Crippen LogP contribution in [0.2, 0.25) is 0 Å². The van der Waals surface area contributed by atoms with Gasteiger partial charge < -0.3 is 10.3 Å². The Morgan fingerprint density at radius 1 is 1.12 bits per heavy atom. The normalized spacial score (nSPS) is 11.0. The number of rotatable bonds is 6. The maximum atomic E-state index is 12.1. The van der Waals surface area contributed by atoms with Gasteiger partial charge in [0.05, 0.1) is 24.0 Å². The summed E-state index contributed by atoms with van der Waals surface area (Å²) in [5.74, 6) is 0.469. The van der Waals surface area contributed by atoms with Crippen LogP contribution in [0.4, 0.5) is 0 Å². The maximum Gasteiger partial charge on any atom is 0.258 e. The molecule has 0 atom stereocenters. The van der Waals surface area contributed by atoms with Crippen LogP contribution in [0.5, 0.6) is 0 Å². The first-order chi connectivity index (χ1) is 12.1. The molecule has 3 aromatic rings. The van der Waals surface area contributed by atoms with Gasteiger partial charge in [0.25, 0.3) is 5.56 Å². The Kier molecular flexibility index (Phi) is 5.20. The smallest absolute Gasteiger partial charge is 0.258 e. The van der Waals surface area contributed by atoms with Gasteiger partial charge in [-0.3, -0.25) is 14.5 Å². The van der Waals surface area contributed by atoms with Crippen LogP contribution in [0.1, 0.15) is 11.4 Å². The Morgan fingerprint density at radius 2 is 1.84 bits per heavy atom. The Balaban J connectivity index is 1.58. The third kappa shape index (κ3) is 4.51. The van der Waals surface area contributed by atoms with E-state index in [0.29, 0.717) is 29.8 Å². The van der Waals surface area contributed by atoms with Gasteiger partial charge in [-0.2, -0.15) is 0 Å². The summed E-state index contributed by atoms with van der Waals surface area (Å²) in [6.07, 6.45) is 0. The molecule has 0 saturated heterocycles. The van der Waals surface area contributed by atoms with Crippen LogP contribution in [0.15, 0.2) is 59.4 Å². The SMILES string of the molecule is CN(CC(=O)NCc1ccccc1)Cc1nc2ccccc2c(=O)[nH]1. The number of aromatic amines is 1. The van der Waals surface area contributed by atoms with Crippen molar-refractivity contribution >= 4 is 16.8 Å². The van der Waals surface area contributed by atoms with Gasteiger partial charge in [0, 0.05) is 6.54 Å². The van der Waals surface area contributed by atoms with E-state index in [2.05, 4.69) is 15.3 Å².